The number of amides is 3. The van der Waals surface area contributed by atoms with Crippen molar-refractivity contribution in [3.63, 3.8) is 0 Å². The lowest BCUT2D eigenvalue weighted by molar-refractivity contribution is -0.131. The minimum atomic E-state index is -0.635. The van der Waals surface area contributed by atoms with Crippen LogP contribution < -0.4 is 5.32 Å². The van der Waals surface area contributed by atoms with E-state index in [0.29, 0.717) is 5.88 Å². The summed E-state index contributed by atoms with van der Waals surface area (Å²) in [6.45, 7) is 0.244. The average Bonchev–Trinajstić information content (AvgIpc) is 3.08. The van der Waals surface area contributed by atoms with Crippen molar-refractivity contribution in [1.82, 2.24) is 15.2 Å². The lowest BCUT2D eigenvalue weighted by Gasteiger charge is -2.19. The van der Waals surface area contributed by atoms with Crippen LogP contribution in [-0.2, 0) is 17.2 Å². The van der Waals surface area contributed by atoms with E-state index in [1.165, 1.54) is 16.2 Å². The van der Waals surface area contributed by atoms with Gasteiger partial charge in [0.05, 0.1) is 18.1 Å². The van der Waals surface area contributed by atoms with E-state index in [1.807, 2.05) is 5.38 Å². The highest BCUT2D eigenvalue weighted by molar-refractivity contribution is 7.09. The molecule has 1 aliphatic heterocycles. The lowest BCUT2D eigenvalue weighted by Crippen LogP contribution is -2.44. The van der Waals surface area contributed by atoms with Gasteiger partial charge in [-0.15, -0.1) is 22.9 Å². The first-order chi connectivity index (χ1) is 9.14. The van der Waals surface area contributed by atoms with Gasteiger partial charge < -0.3 is 5.32 Å². The molecule has 1 aromatic heterocycles. The fraction of sp³-hybridized carbons (Fsp3) is 0.583. The van der Waals surface area contributed by atoms with Gasteiger partial charge in [-0.05, 0) is 12.8 Å². The lowest BCUT2D eigenvalue weighted by atomic mass is 9.98. The number of carbonyl (C=O) groups excluding carboxylic acids is 2. The van der Waals surface area contributed by atoms with Crippen LogP contribution in [0.3, 0.4) is 0 Å². The molecule has 7 heteroatoms. The van der Waals surface area contributed by atoms with Gasteiger partial charge in [0.1, 0.15) is 10.5 Å². The van der Waals surface area contributed by atoms with Crippen molar-refractivity contribution < 1.29 is 9.59 Å². The molecule has 5 nitrogen and oxygen atoms in total. The molecule has 0 radical (unpaired) electrons. The molecule has 2 heterocycles. The summed E-state index contributed by atoms with van der Waals surface area (Å²) < 4.78 is 0. The summed E-state index contributed by atoms with van der Waals surface area (Å²) >= 11 is 7.12. The molecule has 0 unspecified atom stereocenters. The fourth-order valence-electron chi connectivity index (χ4n) is 2.76. The molecule has 0 atom stereocenters. The second-order valence-corrected chi connectivity index (χ2v) is 6.19. The second-order valence-electron chi connectivity index (χ2n) is 4.98. The summed E-state index contributed by atoms with van der Waals surface area (Å²) in [6.07, 6.45) is 3.48. The van der Waals surface area contributed by atoms with Gasteiger partial charge in [-0.2, -0.15) is 0 Å². The first kappa shape index (κ1) is 12.9. The number of nitrogens with zero attached hydrogens (tertiary/aromatic N) is 2. The largest absolute Gasteiger partial charge is 0.325 e. The van der Waals surface area contributed by atoms with Crippen LogP contribution in [0.4, 0.5) is 4.79 Å². The quantitative estimate of drug-likeness (QED) is 0.688. The second kappa shape index (κ2) is 4.76. The molecule has 1 spiro atoms. The highest BCUT2D eigenvalue weighted by Gasteiger charge is 2.52. The molecule has 0 aromatic carbocycles. The predicted octanol–water partition coefficient (Wildman–Crippen LogP) is 2.25. The van der Waals surface area contributed by atoms with E-state index in [1.54, 1.807) is 0 Å². The van der Waals surface area contributed by atoms with Gasteiger partial charge in [-0.3, -0.25) is 9.69 Å². The Morgan fingerprint density at radius 2 is 2.16 bits per heavy atom. The molecule has 1 N–H and O–H groups in total. The summed E-state index contributed by atoms with van der Waals surface area (Å²) in [7, 11) is 0. The molecule has 0 bridgehead atoms. The molecule has 19 heavy (non-hydrogen) atoms. The molecule has 2 fully saturated rings. The van der Waals surface area contributed by atoms with Crippen molar-refractivity contribution in [3.05, 3.63) is 16.1 Å². The molecule has 2 aliphatic rings. The number of imide groups is 1. The number of urea groups is 1. The number of aromatic nitrogens is 1. The van der Waals surface area contributed by atoms with Crippen LogP contribution in [0, 0.1) is 0 Å². The highest BCUT2D eigenvalue weighted by atomic mass is 35.5. The van der Waals surface area contributed by atoms with Crippen LogP contribution in [0.15, 0.2) is 5.38 Å². The topological polar surface area (TPSA) is 62.3 Å². The van der Waals surface area contributed by atoms with E-state index in [4.69, 9.17) is 11.6 Å². The summed E-state index contributed by atoms with van der Waals surface area (Å²) in [5, 5.41) is 5.46. The van der Waals surface area contributed by atoms with Gasteiger partial charge in [0, 0.05) is 5.38 Å². The summed E-state index contributed by atoms with van der Waals surface area (Å²) in [5.74, 6) is 0.248. The molecule has 1 aliphatic carbocycles. The monoisotopic (exact) mass is 299 g/mol. The number of halogens is 1. The Morgan fingerprint density at radius 1 is 1.42 bits per heavy atom. The zero-order valence-electron chi connectivity index (χ0n) is 10.3. The highest BCUT2D eigenvalue weighted by Crippen LogP contribution is 2.35. The van der Waals surface area contributed by atoms with E-state index in [-0.39, 0.29) is 18.5 Å². The number of nitrogens with one attached hydrogen (secondary N) is 1. The Hall–Kier alpha value is -1.14. The van der Waals surface area contributed by atoms with Crippen molar-refractivity contribution in [2.24, 2.45) is 0 Å². The number of rotatable bonds is 3. The SMILES string of the molecule is O=C1NC2(CCCC2)C(=O)N1Cc1nc(CCl)cs1. The van der Waals surface area contributed by atoms with Gasteiger partial charge in [-0.1, -0.05) is 12.8 Å². The molecule has 3 amide bonds. The Balaban J connectivity index is 1.77. The first-order valence-electron chi connectivity index (χ1n) is 6.28. The molecule has 1 aromatic rings. The van der Waals surface area contributed by atoms with Crippen LogP contribution >= 0.6 is 22.9 Å². The van der Waals surface area contributed by atoms with Crippen molar-refractivity contribution >= 4 is 34.9 Å². The normalized spacial score (nSPS) is 21.4. The van der Waals surface area contributed by atoms with E-state index in [9.17, 15) is 9.59 Å². The van der Waals surface area contributed by atoms with Crippen LogP contribution in [0.25, 0.3) is 0 Å². The Bertz CT molecular complexity index is 525. The third-order valence-electron chi connectivity index (χ3n) is 3.73. The molecular formula is C12H14ClN3O2S. The van der Waals surface area contributed by atoms with Crippen molar-refractivity contribution in [2.45, 2.75) is 43.6 Å². The van der Waals surface area contributed by atoms with Crippen molar-refractivity contribution in [3.8, 4) is 0 Å². The van der Waals surface area contributed by atoms with E-state index < -0.39 is 5.54 Å². The summed E-state index contributed by atoms with van der Waals surface area (Å²) in [6, 6.07) is -0.297. The van der Waals surface area contributed by atoms with Crippen LogP contribution in [0.1, 0.15) is 36.4 Å². The van der Waals surface area contributed by atoms with Gasteiger partial charge in [0.2, 0.25) is 0 Å². The van der Waals surface area contributed by atoms with E-state index in [0.717, 1.165) is 36.4 Å². The first-order valence-corrected chi connectivity index (χ1v) is 7.69. The summed E-state index contributed by atoms with van der Waals surface area (Å²) in [5.41, 5.74) is 0.146. The third-order valence-corrected chi connectivity index (χ3v) is 4.89. The minimum Gasteiger partial charge on any atom is -0.323 e. The Kier molecular flexibility index (Phi) is 3.22. The van der Waals surface area contributed by atoms with Crippen molar-refractivity contribution in [2.75, 3.05) is 0 Å². The maximum absolute atomic E-state index is 12.4. The Morgan fingerprint density at radius 3 is 2.79 bits per heavy atom. The van der Waals surface area contributed by atoms with Crippen LogP contribution in [0.5, 0.6) is 0 Å². The zero-order chi connectivity index (χ0) is 13.5. The number of alkyl halides is 1. The molecule has 1 saturated carbocycles. The maximum atomic E-state index is 12.4. The zero-order valence-corrected chi connectivity index (χ0v) is 11.9. The molecular weight excluding hydrogens is 286 g/mol. The molecule has 102 valence electrons. The molecule has 3 rings (SSSR count). The average molecular weight is 300 g/mol. The standard InChI is InChI=1S/C12H14ClN3O2S/c13-5-8-7-19-9(14-8)6-16-10(17)12(15-11(16)18)3-1-2-4-12/h7H,1-6H2,(H,15,18). The fourth-order valence-corrected chi connectivity index (χ4v) is 3.77. The van der Waals surface area contributed by atoms with Gasteiger partial charge >= 0.3 is 6.03 Å². The maximum Gasteiger partial charge on any atom is 0.325 e. The third kappa shape index (κ3) is 2.12. The van der Waals surface area contributed by atoms with Crippen LogP contribution in [-0.4, -0.2) is 27.4 Å². The molecule has 1 saturated heterocycles. The van der Waals surface area contributed by atoms with E-state index in [2.05, 4.69) is 10.3 Å². The van der Waals surface area contributed by atoms with Gasteiger partial charge in [0.25, 0.3) is 5.91 Å². The van der Waals surface area contributed by atoms with Crippen molar-refractivity contribution in [1.29, 1.82) is 0 Å². The Labute approximate surface area is 120 Å². The summed E-state index contributed by atoms with van der Waals surface area (Å²) in [4.78, 5) is 30.0. The number of hydrogen-bond acceptors (Lipinski definition) is 4. The minimum absolute atomic E-state index is 0.0994. The van der Waals surface area contributed by atoms with Gasteiger partial charge in [-0.25, -0.2) is 9.78 Å². The van der Waals surface area contributed by atoms with Gasteiger partial charge in [0.15, 0.2) is 0 Å². The number of carbonyl (C=O) groups is 2. The predicted molar refractivity (Wildman–Crippen MR) is 72.0 cm³/mol. The number of hydrogen-bond donors (Lipinski definition) is 1. The van der Waals surface area contributed by atoms with Crippen LogP contribution in [0.2, 0.25) is 0 Å². The van der Waals surface area contributed by atoms with E-state index >= 15 is 0 Å². The smallest absolute Gasteiger partial charge is 0.323 e. The number of thiazole rings is 1.